The third kappa shape index (κ3) is 3.12. The van der Waals surface area contributed by atoms with Crippen LogP contribution >= 0.6 is 15.9 Å². The molecule has 6 heteroatoms. The standard InChI is InChI=1S/C12H17BrN2O2S/c1-14-18(16,17)8-7-15-12-6-5-9-10(12)3-2-4-11(9)13/h2-4,12,14-15H,5-8H2,1H3. The molecule has 2 N–H and O–H groups in total. The van der Waals surface area contributed by atoms with Crippen molar-refractivity contribution < 1.29 is 8.42 Å². The summed E-state index contributed by atoms with van der Waals surface area (Å²) in [4.78, 5) is 0. The monoisotopic (exact) mass is 332 g/mol. The van der Waals surface area contributed by atoms with E-state index >= 15 is 0 Å². The molecule has 2 rings (SSSR count). The number of sulfonamides is 1. The van der Waals surface area contributed by atoms with Crippen molar-refractivity contribution in [2.45, 2.75) is 18.9 Å². The quantitative estimate of drug-likeness (QED) is 0.860. The highest BCUT2D eigenvalue weighted by Crippen LogP contribution is 2.35. The van der Waals surface area contributed by atoms with Gasteiger partial charge in [-0.15, -0.1) is 0 Å². The fourth-order valence-corrected chi connectivity index (χ4v) is 3.46. The van der Waals surface area contributed by atoms with Crippen molar-refractivity contribution in [2.24, 2.45) is 0 Å². The van der Waals surface area contributed by atoms with Gasteiger partial charge in [0.05, 0.1) is 5.75 Å². The normalized spacial score (nSPS) is 18.9. The first-order valence-corrected chi connectivity index (χ1v) is 8.40. The zero-order chi connectivity index (χ0) is 13.2. The van der Waals surface area contributed by atoms with Gasteiger partial charge >= 0.3 is 0 Å². The third-order valence-electron chi connectivity index (χ3n) is 3.29. The van der Waals surface area contributed by atoms with E-state index in [-0.39, 0.29) is 11.8 Å². The average molecular weight is 333 g/mol. The van der Waals surface area contributed by atoms with E-state index in [4.69, 9.17) is 0 Å². The Balaban J connectivity index is 1.97. The Morgan fingerprint density at radius 1 is 1.44 bits per heavy atom. The summed E-state index contributed by atoms with van der Waals surface area (Å²) in [6.45, 7) is 0.472. The molecule has 18 heavy (non-hydrogen) atoms. The Morgan fingerprint density at radius 3 is 2.94 bits per heavy atom. The molecule has 1 atom stereocenters. The zero-order valence-corrected chi connectivity index (χ0v) is 12.6. The van der Waals surface area contributed by atoms with Crippen molar-refractivity contribution in [3.63, 3.8) is 0 Å². The van der Waals surface area contributed by atoms with E-state index in [1.54, 1.807) is 0 Å². The van der Waals surface area contributed by atoms with Gasteiger partial charge in [0.15, 0.2) is 0 Å². The summed E-state index contributed by atoms with van der Waals surface area (Å²) in [6, 6.07) is 6.45. The van der Waals surface area contributed by atoms with Gasteiger partial charge in [0.25, 0.3) is 0 Å². The van der Waals surface area contributed by atoms with Gasteiger partial charge in [-0.2, -0.15) is 0 Å². The number of rotatable bonds is 5. The minimum atomic E-state index is -3.12. The van der Waals surface area contributed by atoms with Gasteiger partial charge in [-0.25, -0.2) is 13.1 Å². The Hall–Kier alpha value is -0.430. The third-order valence-corrected chi connectivity index (χ3v) is 5.39. The summed E-state index contributed by atoms with van der Waals surface area (Å²) in [5.41, 5.74) is 2.62. The van der Waals surface area contributed by atoms with Gasteiger partial charge in [0, 0.05) is 17.1 Å². The number of benzene rings is 1. The van der Waals surface area contributed by atoms with E-state index in [1.807, 2.05) is 12.1 Å². The lowest BCUT2D eigenvalue weighted by atomic mass is 10.1. The largest absolute Gasteiger partial charge is 0.309 e. The van der Waals surface area contributed by atoms with Gasteiger partial charge in [-0.1, -0.05) is 28.1 Å². The number of fused-ring (bicyclic) bond motifs is 1. The molecule has 4 nitrogen and oxygen atoms in total. The van der Waals surface area contributed by atoms with Gasteiger partial charge in [0.2, 0.25) is 10.0 Å². The smallest absolute Gasteiger partial charge is 0.212 e. The van der Waals surface area contributed by atoms with Crippen LogP contribution in [-0.2, 0) is 16.4 Å². The van der Waals surface area contributed by atoms with Crippen molar-refractivity contribution in [1.29, 1.82) is 0 Å². The predicted octanol–water partition coefficient (Wildman–Crippen LogP) is 1.58. The van der Waals surface area contributed by atoms with Gasteiger partial charge in [-0.3, -0.25) is 0 Å². The molecule has 0 spiro atoms. The fourth-order valence-electron chi connectivity index (χ4n) is 2.29. The summed E-state index contributed by atoms with van der Waals surface area (Å²) in [7, 11) is -1.68. The van der Waals surface area contributed by atoms with Crippen LogP contribution in [0.25, 0.3) is 0 Å². The Kier molecular flexibility index (Phi) is 4.42. The van der Waals surface area contributed by atoms with Crippen LogP contribution in [-0.4, -0.2) is 27.8 Å². The number of nitrogens with one attached hydrogen (secondary N) is 2. The second-order valence-corrected chi connectivity index (χ2v) is 7.28. The van der Waals surface area contributed by atoms with Gasteiger partial charge < -0.3 is 5.32 Å². The molecular weight excluding hydrogens is 316 g/mol. The van der Waals surface area contributed by atoms with E-state index in [0.717, 1.165) is 17.3 Å². The molecule has 0 aromatic heterocycles. The number of halogens is 1. The Morgan fingerprint density at radius 2 is 2.22 bits per heavy atom. The second kappa shape index (κ2) is 5.69. The molecule has 0 saturated carbocycles. The maximum absolute atomic E-state index is 11.3. The highest BCUT2D eigenvalue weighted by Gasteiger charge is 2.23. The molecule has 1 aliphatic rings. The lowest BCUT2D eigenvalue weighted by Crippen LogP contribution is -2.31. The van der Waals surface area contributed by atoms with Gasteiger partial charge in [-0.05, 0) is 37.1 Å². The minimum Gasteiger partial charge on any atom is -0.309 e. The number of hydrogen-bond acceptors (Lipinski definition) is 3. The highest BCUT2D eigenvalue weighted by molar-refractivity contribution is 9.10. The lowest BCUT2D eigenvalue weighted by molar-refractivity contribution is 0.539. The van der Waals surface area contributed by atoms with Crippen molar-refractivity contribution in [3.8, 4) is 0 Å². The average Bonchev–Trinajstić information content (AvgIpc) is 2.74. The molecule has 0 fully saturated rings. The predicted molar refractivity (Wildman–Crippen MR) is 76.1 cm³/mol. The topological polar surface area (TPSA) is 58.2 Å². The first-order valence-electron chi connectivity index (χ1n) is 5.95. The van der Waals surface area contributed by atoms with Crippen molar-refractivity contribution in [3.05, 3.63) is 33.8 Å². The summed E-state index contributed by atoms with van der Waals surface area (Å²) in [5, 5.41) is 3.32. The Labute approximate surface area is 116 Å². The molecule has 0 heterocycles. The molecule has 0 aliphatic heterocycles. The number of hydrogen-bond donors (Lipinski definition) is 2. The van der Waals surface area contributed by atoms with Crippen LogP contribution in [0.1, 0.15) is 23.6 Å². The van der Waals surface area contributed by atoms with Crippen LogP contribution in [0.3, 0.4) is 0 Å². The summed E-state index contributed by atoms with van der Waals surface area (Å²) < 4.78 is 26.1. The maximum Gasteiger partial charge on any atom is 0.212 e. The second-order valence-electron chi connectivity index (χ2n) is 4.38. The molecule has 0 bridgehead atoms. The highest BCUT2D eigenvalue weighted by atomic mass is 79.9. The van der Waals surface area contributed by atoms with Crippen LogP contribution in [0.4, 0.5) is 0 Å². The minimum absolute atomic E-state index is 0.114. The fraction of sp³-hybridized carbons (Fsp3) is 0.500. The molecule has 100 valence electrons. The van der Waals surface area contributed by atoms with Crippen molar-refractivity contribution >= 4 is 26.0 Å². The molecule has 1 unspecified atom stereocenters. The van der Waals surface area contributed by atoms with E-state index in [2.05, 4.69) is 32.0 Å². The van der Waals surface area contributed by atoms with E-state index in [1.165, 1.54) is 18.2 Å². The molecular formula is C12H17BrN2O2S. The first-order chi connectivity index (χ1) is 8.53. The van der Waals surface area contributed by atoms with Gasteiger partial charge in [0.1, 0.15) is 0 Å². The summed E-state index contributed by atoms with van der Waals surface area (Å²) >= 11 is 3.55. The maximum atomic E-state index is 11.3. The van der Waals surface area contributed by atoms with E-state index in [9.17, 15) is 8.42 Å². The van der Waals surface area contributed by atoms with E-state index in [0.29, 0.717) is 6.54 Å². The SMILES string of the molecule is CNS(=O)(=O)CCNC1CCc2c(Br)cccc21. The molecule has 0 amide bonds. The molecule has 1 aromatic rings. The summed E-state index contributed by atoms with van der Waals surface area (Å²) in [5.74, 6) is 0.114. The molecule has 0 saturated heterocycles. The van der Waals surface area contributed by atoms with Crippen LogP contribution in [0.5, 0.6) is 0 Å². The lowest BCUT2D eigenvalue weighted by Gasteiger charge is -2.14. The molecule has 1 aliphatic carbocycles. The van der Waals surface area contributed by atoms with Crippen LogP contribution in [0.2, 0.25) is 0 Å². The Bertz CT molecular complexity index is 531. The van der Waals surface area contributed by atoms with Crippen LogP contribution < -0.4 is 10.0 Å². The van der Waals surface area contributed by atoms with Crippen molar-refractivity contribution in [2.75, 3.05) is 19.3 Å². The molecule has 1 aromatic carbocycles. The van der Waals surface area contributed by atoms with E-state index < -0.39 is 10.0 Å². The van der Waals surface area contributed by atoms with Crippen molar-refractivity contribution in [1.82, 2.24) is 10.0 Å². The first kappa shape index (κ1) is 14.0. The zero-order valence-electron chi connectivity index (χ0n) is 10.2. The van der Waals surface area contributed by atoms with Crippen LogP contribution in [0, 0.1) is 0 Å². The summed E-state index contributed by atoms with van der Waals surface area (Å²) in [6.07, 6.45) is 2.06. The van der Waals surface area contributed by atoms with Crippen LogP contribution in [0.15, 0.2) is 22.7 Å². The molecule has 0 radical (unpaired) electrons.